The molecule has 3 rings (SSSR count). The van der Waals surface area contributed by atoms with Gasteiger partial charge in [0.2, 0.25) is 0 Å². The molecule has 1 aliphatic carbocycles. The average Bonchev–Trinajstić information content (AvgIpc) is 3.03. The van der Waals surface area contributed by atoms with E-state index in [9.17, 15) is 0 Å². The van der Waals surface area contributed by atoms with Gasteiger partial charge in [-0.25, -0.2) is 0 Å². The summed E-state index contributed by atoms with van der Waals surface area (Å²) in [6.45, 7) is 9.84. The first-order valence-corrected chi connectivity index (χ1v) is 8.72. The molecule has 0 bridgehead atoms. The first kappa shape index (κ1) is 15.1. The molecule has 4 nitrogen and oxygen atoms in total. The summed E-state index contributed by atoms with van der Waals surface area (Å²) in [4.78, 5) is 7.10. The first-order valence-electron chi connectivity index (χ1n) is 8.72. The van der Waals surface area contributed by atoms with Gasteiger partial charge in [-0.05, 0) is 43.4 Å². The van der Waals surface area contributed by atoms with E-state index in [1.165, 1.54) is 32.1 Å². The second-order valence-corrected chi connectivity index (χ2v) is 7.76. The number of rotatable bonds is 3. The lowest BCUT2D eigenvalue weighted by Gasteiger charge is -2.51. The third kappa shape index (κ3) is 2.67. The van der Waals surface area contributed by atoms with Crippen molar-refractivity contribution in [2.75, 3.05) is 19.7 Å². The number of nitrogens with two attached hydrogens (primary N) is 1. The third-order valence-corrected chi connectivity index (χ3v) is 5.91. The molecular weight excluding hydrogens is 262 g/mol. The molecule has 3 aliphatic rings. The van der Waals surface area contributed by atoms with Crippen molar-refractivity contribution < 1.29 is 4.74 Å². The number of guanidine groups is 1. The molecule has 4 heteroatoms. The molecule has 21 heavy (non-hydrogen) atoms. The maximum absolute atomic E-state index is 6.29. The monoisotopic (exact) mass is 293 g/mol. The van der Waals surface area contributed by atoms with Gasteiger partial charge in [0.15, 0.2) is 5.96 Å². The van der Waals surface area contributed by atoms with Crippen molar-refractivity contribution in [3.05, 3.63) is 0 Å². The van der Waals surface area contributed by atoms with E-state index in [-0.39, 0.29) is 5.54 Å². The summed E-state index contributed by atoms with van der Waals surface area (Å²) in [5.41, 5.74) is 6.45. The average molecular weight is 293 g/mol. The van der Waals surface area contributed by atoms with Gasteiger partial charge in [-0.1, -0.05) is 27.2 Å². The molecule has 120 valence electrons. The normalized spacial score (nSPS) is 40.3. The van der Waals surface area contributed by atoms with Crippen LogP contribution in [0.25, 0.3) is 0 Å². The van der Waals surface area contributed by atoms with Crippen LogP contribution >= 0.6 is 0 Å². The summed E-state index contributed by atoms with van der Waals surface area (Å²) in [6.07, 6.45) is 6.59. The minimum absolute atomic E-state index is 0.155. The smallest absolute Gasteiger partial charge is 0.191 e. The maximum Gasteiger partial charge on any atom is 0.191 e. The number of nitrogens with zero attached hydrogens (tertiary/aromatic N) is 2. The molecule has 2 heterocycles. The van der Waals surface area contributed by atoms with Crippen molar-refractivity contribution in [3.63, 3.8) is 0 Å². The highest BCUT2D eigenvalue weighted by molar-refractivity contribution is 5.81. The van der Waals surface area contributed by atoms with Crippen LogP contribution in [0.1, 0.15) is 52.9 Å². The zero-order valence-electron chi connectivity index (χ0n) is 13.8. The van der Waals surface area contributed by atoms with Crippen LogP contribution < -0.4 is 5.73 Å². The van der Waals surface area contributed by atoms with Gasteiger partial charge in [0.25, 0.3) is 0 Å². The quantitative estimate of drug-likeness (QED) is 0.870. The Hall–Kier alpha value is -0.770. The minimum Gasteiger partial charge on any atom is -0.376 e. The van der Waals surface area contributed by atoms with Crippen molar-refractivity contribution in [1.29, 1.82) is 0 Å². The second-order valence-electron chi connectivity index (χ2n) is 7.76. The van der Waals surface area contributed by atoms with E-state index in [0.717, 1.165) is 31.6 Å². The van der Waals surface area contributed by atoms with Gasteiger partial charge in [0, 0.05) is 13.2 Å². The number of aliphatic imine (C=N–C) groups is 1. The highest BCUT2D eigenvalue weighted by Crippen LogP contribution is 2.47. The van der Waals surface area contributed by atoms with E-state index >= 15 is 0 Å². The zero-order valence-corrected chi connectivity index (χ0v) is 13.8. The van der Waals surface area contributed by atoms with Crippen molar-refractivity contribution in [2.24, 2.45) is 28.5 Å². The molecule has 2 N–H and O–H groups in total. The summed E-state index contributed by atoms with van der Waals surface area (Å²) >= 11 is 0. The molecule has 0 aromatic heterocycles. The minimum atomic E-state index is 0.155. The van der Waals surface area contributed by atoms with E-state index in [4.69, 9.17) is 10.5 Å². The Morgan fingerprint density at radius 2 is 2.19 bits per heavy atom. The molecule has 4 unspecified atom stereocenters. The molecule has 1 saturated carbocycles. The van der Waals surface area contributed by atoms with Gasteiger partial charge in [0.05, 0.1) is 18.2 Å². The topological polar surface area (TPSA) is 50.8 Å². The van der Waals surface area contributed by atoms with Crippen molar-refractivity contribution in [3.8, 4) is 0 Å². The Balaban J connectivity index is 1.84. The fraction of sp³-hybridized carbons (Fsp3) is 0.941. The molecule has 0 amide bonds. The molecule has 0 radical (unpaired) electrons. The van der Waals surface area contributed by atoms with Crippen LogP contribution in [-0.4, -0.2) is 42.2 Å². The lowest BCUT2D eigenvalue weighted by Crippen LogP contribution is -2.61. The SMILES string of the molecule is CC1CCC(C(C)C)C2(CN=C(N)N2CC2CCCO2)C1. The van der Waals surface area contributed by atoms with Gasteiger partial charge in [-0.3, -0.25) is 4.99 Å². The van der Waals surface area contributed by atoms with Crippen LogP contribution in [0, 0.1) is 17.8 Å². The van der Waals surface area contributed by atoms with E-state index < -0.39 is 0 Å². The van der Waals surface area contributed by atoms with E-state index in [2.05, 4.69) is 30.7 Å². The zero-order chi connectivity index (χ0) is 15.0. The molecule has 0 aromatic carbocycles. The number of ether oxygens (including phenoxy) is 1. The Labute approximate surface area is 129 Å². The van der Waals surface area contributed by atoms with Crippen LogP contribution in [0.4, 0.5) is 0 Å². The summed E-state index contributed by atoms with van der Waals surface area (Å²) in [7, 11) is 0. The summed E-state index contributed by atoms with van der Waals surface area (Å²) in [6, 6.07) is 0. The van der Waals surface area contributed by atoms with Gasteiger partial charge in [-0.15, -0.1) is 0 Å². The molecule has 0 aromatic rings. The first-order chi connectivity index (χ1) is 10.0. The number of hydrogen-bond donors (Lipinski definition) is 1. The molecule has 4 atom stereocenters. The second kappa shape index (κ2) is 5.79. The number of hydrogen-bond acceptors (Lipinski definition) is 4. The Morgan fingerprint density at radius 3 is 2.86 bits per heavy atom. The summed E-state index contributed by atoms with van der Waals surface area (Å²) in [5, 5.41) is 0. The highest BCUT2D eigenvalue weighted by Gasteiger charge is 2.52. The standard InChI is InChI=1S/C17H31N3O/c1-12(2)15-7-6-13(3)9-17(15)11-19-16(18)20(17)10-14-5-4-8-21-14/h12-15H,4-11H2,1-3H3,(H2,18,19). The van der Waals surface area contributed by atoms with Crippen molar-refractivity contribution in [1.82, 2.24) is 4.90 Å². The van der Waals surface area contributed by atoms with Gasteiger partial charge >= 0.3 is 0 Å². The Bertz CT molecular complexity index is 403. The maximum atomic E-state index is 6.29. The van der Waals surface area contributed by atoms with Crippen LogP contribution in [0.15, 0.2) is 4.99 Å². The summed E-state index contributed by atoms with van der Waals surface area (Å²) < 4.78 is 5.87. The molecule has 1 spiro atoms. The lowest BCUT2D eigenvalue weighted by molar-refractivity contribution is -0.00402. The molecule has 2 aliphatic heterocycles. The fourth-order valence-electron chi connectivity index (χ4n) is 4.92. The van der Waals surface area contributed by atoms with Crippen molar-refractivity contribution >= 4 is 5.96 Å². The Kier molecular flexibility index (Phi) is 4.17. The molecule has 1 saturated heterocycles. The third-order valence-electron chi connectivity index (χ3n) is 5.91. The van der Waals surface area contributed by atoms with Gasteiger partial charge in [0.1, 0.15) is 0 Å². The van der Waals surface area contributed by atoms with E-state index in [0.29, 0.717) is 17.9 Å². The predicted molar refractivity (Wildman–Crippen MR) is 86.2 cm³/mol. The molecular formula is C17H31N3O. The Morgan fingerprint density at radius 1 is 1.38 bits per heavy atom. The largest absolute Gasteiger partial charge is 0.376 e. The van der Waals surface area contributed by atoms with Gasteiger partial charge in [-0.2, -0.15) is 0 Å². The predicted octanol–water partition coefficient (Wildman–Crippen LogP) is 2.63. The van der Waals surface area contributed by atoms with Crippen LogP contribution in [0.2, 0.25) is 0 Å². The van der Waals surface area contributed by atoms with E-state index in [1.54, 1.807) is 0 Å². The molecule has 2 fully saturated rings. The highest BCUT2D eigenvalue weighted by atomic mass is 16.5. The van der Waals surface area contributed by atoms with Gasteiger partial charge < -0.3 is 15.4 Å². The lowest BCUT2D eigenvalue weighted by atomic mass is 9.64. The summed E-state index contributed by atoms with van der Waals surface area (Å²) in [5.74, 6) is 2.91. The van der Waals surface area contributed by atoms with Crippen LogP contribution in [0.5, 0.6) is 0 Å². The van der Waals surface area contributed by atoms with E-state index in [1.807, 2.05) is 0 Å². The van der Waals surface area contributed by atoms with Crippen molar-refractivity contribution in [2.45, 2.75) is 64.5 Å². The fourth-order valence-corrected chi connectivity index (χ4v) is 4.92. The van der Waals surface area contributed by atoms with Crippen LogP contribution in [-0.2, 0) is 4.74 Å². The van der Waals surface area contributed by atoms with Crippen LogP contribution in [0.3, 0.4) is 0 Å².